The van der Waals surface area contributed by atoms with Crippen LogP contribution in [0.15, 0.2) is 0 Å². The zero-order chi connectivity index (χ0) is 21.5. The van der Waals surface area contributed by atoms with E-state index in [2.05, 4.69) is 23.9 Å². The fraction of sp³-hybridized carbons (Fsp3) is 1.00. The Morgan fingerprint density at radius 1 is 0.500 bits per heavy atom. The molecule has 0 aliphatic rings. The molecule has 0 fully saturated rings. The first-order valence-electron chi connectivity index (χ1n) is 10.6. The third kappa shape index (κ3) is 10.8. The molecule has 0 atom stereocenters. The molecule has 8 nitrogen and oxygen atoms in total. The molecule has 0 radical (unpaired) electrons. The Kier molecular flexibility index (Phi) is 16.0. The van der Waals surface area contributed by atoms with E-state index < -0.39 is 17.6 Å². The maximum atomic E-state index is 6.07. The summed E-state index contributed by atoms with van der Waals surface area (Å²) in [6.07, 6.45) is 1.16. The summed E-state index contributed by atoms with van der Waals surface area (Å²) in [4.78, 5) is 4.43. The van der Waals surface area contributed by atoms with E-state index in [0.717, 1.165) is 13.1 Å². The molecule has 0 rings (SSSR count). The Bertz CT molecular complexity index is 318. The Hall–Kier alpha value is 0.114. The highest BCUT2D eigenvalue weighted by Crippen LogP contribution is 2.17. The average molecular weight is 441 g/mol. The van der Waals surface area contributed by atoms with E-state index in [1.807, 2.05) is 41.5 Å². The molecule has 0 N–H and O–H groups in total. The molecular formula is C18H44N2O6Si2. The van der Waals surface area contributed by atoms with Gasteiger partial charge in [-0.15, -0.1) is 0 Å². The van der Waals surface area contributed by atoms with E-state index in [1.165, 1.54) is 0 Å². The van der Waals surface area contributed by atoms with Gasteiger partial charge in [-0.2, -0.15) is 0 Å². The van der Waals surface area contributed by atoms with Crippen molar-refractivity contribution < 1.29 is 26.6 Å². The molecule has 28 heavy (non-hydrogen) atoms. The molecular weight excluding hydrogens is 396 g/mol. The largest absolute Gasteiger partial charge is 0.515 e. The summed E-state index contributed by atoms with van der Waals surface area (Å²) < 4.78 is 36.4. The van der Waals surface area contributed by atoms with Crippen molar-refractivity contribution in [2.24, 2.45) is 0 Å². The predicted molar refractivity (Wildman–Crippen MR) is 116 cm³/mol. The standard InChI is InChI=1S/C18H44N2O6Si2/c1-9-21-27(22-10-2,23-11-3)17-20(16-15-19(7)8)18-28(24-12-4,25-13-5)26-14-6/h9-18H2,1-8H3. The van der Waals surface area contributed by atoms with Crippen molar-refractivity contribution >= 4 is 17.6 Å². The van der Waals surface area contributed by atoms with Crippen molar-refractivity contribution in [3.8, 4) is 0 Å². The molecule has 0 aliphatic heterocycles. The van der Waals surface area contributed by atoms with Crippen LogP contribution in [-0.4, -0.2) is 107 Å². The highest BCUT2D eigenvalue weighted by molar-refractivity contribution is 6.62. The van der Waals surface area contributed by atoms with Gasteiger partial charge < -0.3 is 31.5 Å². The van der Waals surface area contributed by atoms with Crippen LogP contribution in [0, 0.1) is 0 Å². The SMILES string of the molecule is CCO[Si](CN(CCN(C)C)C[Si](OCC)(OCC)OCC)(OCC)OCC. The van der Waals surface area contributed by atoms with Crippen LogP contribution in [-0.2, 0) is 26.6 Å². The predicted octanol–water partition coefficient (Wildman–Crippen LogP) is 2.03. The molecule has 0 bridgehead atoms. The number of nitrogens with zero attached hydrogens (tertiary/aromatic N) is 2. The van der Waals surface area contributed by atoms with Gasteiger partial charge in [0.05, 0.1) is 12.3 Å². The molecule has 10 heteroatoms. The second-order valence-electron chi connectivity index (χ2n) is 6.48. The van der Waals surface area contributed by atoms with E-state index in [4.69, 9.17) is 26.6 Å². The van der Waals surface area contributed by atoms with Gasteiger partial charge in [-0.1, -0.05) is 0 Å². The van der Waals surface area contributed by atoms with Crippen LogP contribution in [0.25, 0.3) is 0 Å². The molecule has 0 aromatic heterocycles. The van der Waals surface area contributed by atoms with Gasteiger partial charge >= 0.3 is 17.6 Å². The minimum atomic E-state index is -2.84. The van der Waals surface area contributed by atoms with Gasteiger partial charge in [0.1, 0.15) is 0 Å². The molecule has 0 amide bonds. The number of hydrogen-bond acceptors (Lipinski definition) is 8. The first kappa shape index (κ1) is 28.1. The Morgan fingerprint density at radius 2 is 0.786 bits per heavy atom. The minimum absolute atomic E-state index is 0.554. The molecule has 0 aromatic carbocycles. The van der Waals surface area contributed by atoms with Gasteiger partial charge in [-0.3, -0.25) is 4.90 Å². The summed E-state index contributed by atoms with van der Waals surface area (Å²) >= 11 is 0. The second kappa shape index (κ2) is 15.9. The molecule has 0 heterocycles. The highest BCUT2D eigenvalue weighted by Gasteiger charge is 2.48. The third-order valence-electron chi connectivity index (χ3n) is 3.88. The van der Waals surface area contributed by atoms with Crippen LogP contribution in [0.1, 0.15) is 41.5 Å². The smallest absolute Gasteiger partial charge is 0.373 e. The van der Waals surface area contributed by atoms with Gasteiger partial charge in [-0.05, 0) is 55.6 Å². The van der Waals surface area contributed by atoms with Crippen LogP contribution < -0.4 is 0 Å². The van der Waals surface area contributed by atoms with Crippen LogP contribution in [0.5, 0.6) is 0 Å². The molecule has 0 unspecified atom stereocenters. The fourth-order valence-electron chi connectivity index (χ4n) is 2.95. The zero-order valence-electron chi connectivity index (χ0n) is 19.4. The summed E-state index contributed by atoms with van der Waals surface area (Å²) in [5.41, 5.74) is 0. The van der Waals surface area contributed by atoms with Gasteiger partial charge in [0.15, 0.2) is 0 Å². The lowest BCUT2D eigenvalue weighted by Crippen LogP contribution is -2.62. The Labute approximate surface area is 175 Å². The zero-order valence-corrected chi connectivity index (χ0v) is 21.4. The first-order chi connectivity index (χ1) is 13.4. The minimum Gasteiger partial charge on any atom is -0.373 e. The van der Waals surface area contributed by atoms with E-state index in [-0.39, 0.29) is 0 Å². The number of rotatable bonds is 19. The molecule has 0 spiro atoms. The monoisotopic (exact) mass is 440 g/mol. The Morgan fingerprint density at radius 3 is 1.00 bits per heavy atom. The lowest BCUT2D eigenvalue weighted by atomic mass is 10.5. The van der Waals surface area contributed by atoms with Gasteiger partial charge in [0.2, 0.25) is 0 Å². The van der Waals surface area contributed by atoms with E-state index in [9.17, 15) is 0 Å². The molecule has 0 aliphatic carbocycles. The van der Waals surface area contributed by atoms with Crippen LogP contribution in [0.3, 0.4) is 0 Å². The highest BCUT2D eigenvalue weighted by atomic mass is 28.4. The third-order valence-corrected chi connectivity index (χ3v) is 9.92. The molecule has 0 aromatic rings. The van der Waals surface area contributed by atoms with Crippen molar-refractivity contribution in [3.05, 3.63) is 0 Å². The molecule has 0 saturated carbocycles. The summed E-state index contributed by atoms with van der Waals surface area (Å²) in [5.74, 6) is 0. The van der Waals surface area contributed by atoms with E-state index in [0.29, 0.717) is 52.0 Å². The fourth-order valence-corrected chi connectivity index (χ4v) is 8.49. The van der Waals surface area contributed by atoms with Crippen molar-refractivity contribution in [1.29, 1.82) is 0 Å². The number of hydrogen-bond donors (Lipinski definition) is 0. The molecule has 170 valence electrons. The average Bonchev–Trinajstić information content (AvgIpc) is 2.61. The maximum Gasteiger partial charge on any atom is 0.515 e. The summed E-state index contributed by atoms with van der Waals surface area (Å²) in [6.45, 7) is 16.9. The summed E-state index contributed by atoms with van der Waals surface area (Å²) in [5, 5.41) is 0. The lowest BCUT2D eigenvalue weighted by molar-refractivity contribution is 0.0410. The topological polar surface area (TPSA) is 61.9 Å². The van der Waals surface area contributed by atoms with Crippen molar-refractivity contribution in [2.75, 3.05) is 79.2 Å². The lowest BCUT2D eigenvalue weighted by Gasteiger charge is -2.37. The number of likely N-dealkylation sites (N-methyl/N-ethyl adjacent to an activating group) is 1. The van der Waals surface area contributed by atoms with Crippen molar-refractivity contribution in [2.45, 2.75) is 41.5 Å². The van der Waals surface area contributed by atoms with Crippen LogP contribution >= 0.6 is 0 Å². The second-order valence-corrected chi connectivity index (χ2v) is 11.6. The van der Waals surface area contributed by atoms with Crippen LogP contribution in [0.4, 0.5) is 0 Å². The maximum absolute atomic E-state index is 6.07. The Balaban J connectivity index is 5.65. The van der Waals surface area contributed by atoms with Crippen molar-refractivity contribution in [1.82, 2.24) is 9.80 Å². The summed E-state index contributed by atoms with van der Waals surface area (Å²) in [7, 11) is -1.54. The van der Waals surface area contributed by atoms with E-state index >= 15 is 0 Å². The van der Waals surface area contributed by atoms with Crippen molar-refractivity contribution in [3.63, 3.8) is 0 Å². The quantitative estimate of drug-likeness (QED) is 0.283. The van der Waals surface area contributed by atoms with E-state index in [1.54, 1.807) is 0 Å². The van der Waals surface area contributed by atoms with Gasteiger partial charge in [0, 0.05) is 52.7 Å². The van der Waals surface area contributed by atoms with Gasteiger partial charge in [-0.25, -0.2) is 0 Å². The summed E-state index contributed by atoms with van der Waals surface area (Å²) in [6, 6.07) is 0. The first-order valence-corrected chi connectivity index (χ1v) is 14.4. The van der Waals surface area contributed by atoms with Crippen LogP contribution in [0.2, 0.25) is 0 Å². The van der Waals surface area contributed by atoms with Gasteiger partial charge in [0.25, 0.3) is 0 Å². The molecule has 0 saturated heterocycles. The normalized spacial score (nSPS) is 13.1.